The van der Waals surface area contributed by atoms with E-state index < -0.39 is 32.6 Å². The first-order valence-electron chi connectivity index (χ1n) is 7.78. The maximum atomic E-state index is 13.2. The van der Waals surface area contributed by atoms with Crippen molar-refractivity contribution in [3.63, 3.8) is 0 Å². The Kier molecular flexibility index (Phi) is 4.64. The molecule has 1 aromatic heterocycles. The number of anilines is 1. The third-order valence-corrected chi connectivity index (χ3v) is 5.16. The minimum absolute atomic E-state index is 0.0239. The minimum atomic E-state index is -4.72. The number of imidazole rings is 1. The van der Waals surface area contributed by atoms with Crippen LogP contribution in [0.2, 0.25) is 0 Å². The number of nitrogens with zero attached hydrogens (tertiary/aromatic N) is 2. The smallest absolute Gasteiger partial charge is 0.377 e. The number of benzene rings is 2. The highest BCUT2D eigenvalue weighted by Gasteiger charge is 2.36. The summed E-state index contributed by atoms with van der Waals surface area (Å²) >= 11 is 0. The van der Waals surface area contributed by atoms with Gasteiger partial charge in [-0.3, -0.25) is 4.55 Å². The van der Waals surface area contributed by atoms with E-state index in [2.05, 4.69) is 9.97 Å². The molecule has 3 rings (SSSR count). The Balaban J connectivity index is 2.28. The lowest BCUT2D eigenvalue weighted by molar-refractivity contribution is -0.136. The molecule has 0 fully saturated rings. The van der Waals surface area contributed by atoms with E-state index in [-0.39, 0.29) is 16.9 Å². The van der Waals surface area contributed by atoms with Gasteiger partial charge in [-0.25, -0.2) is 4.98 Å². The second-order valence-corrected chi connectivity index (χ2v) is 7.67. The molecule has 0 aliphatic rings. The molecule has 1 heterocycles. The van der Waals surface area contributed by atoms with Crippen LogP contribution in [-0.4, -0.2) is 37.0 Å². The van der Waals surface area contributed by atoms with Crippen LogP contribution >= 0.6 is 0 Å². The molecule has 27 heavy (non-hydrogen) atoms. The van der Waals surface area contributed by atoms with Crippen molar-refractivity contribution in [3.8, 4) is 0 Å². The van der Waals surface area contributed by atoms with E-state index in [1.165, 1.54) is 18.2 Å². The van der Waals surface area contributed by atoms with Crippen LogP contribution in [0.3, 0.4) is 0 Å². The van der Waals surface area contributed by atoms with Crippen LogP contribution in [0.15, 0.2) is 42.5 Å². The average molecular weight is 399 g/mol. The Hall–Kier alpha value is -2.59. The Morgan fingerprint density at radius 2 is 1.78 bits per heavy atom. The molecular weight excluding hydrogens is 383 g/mol. The summed E-state index contributed by atoms with van der Waals surface area (Å²) in [7, 11) is -1.36. The highest BCUT2D eigenvalue weighted by molar-refractivity contribution is 7.86. The molecule has 0 aliphatic heterocycles. The third-order valence-electron chi connectivity index (χ3n) is 4.08. The summed E-state index contributed by atoms with van der Waals surface area (Å²) in [6.45, 7) is 0. The minimum Gasteiger partial charge on any atom is -0.377 e. The number of hydrogen-bond donors (Lipinski definition) is 2. The molecule has 0 saturated heterocycles. The molecule has 0 spiro atoms. The number of aromatic nitrogens is 2. The SMILES string of the molecule is CN(C)c1ccccc1C(c1nc2c(C(F)(F)F)cccc2[nH]1)S(=O)(=O)O. The zero-order valence-corrected chi connectivity index (χ0v) is 15.1. The molecule has 1 atom stereocenters. The van der Waals surface area contributed by atoms with Crippen LogP contribution in [-0.2, 0) is 16.3 Å². The summed E-state index contributed by atoms with van der Waals surface area (Å²) in [6.07, 6.45) is -4.65. The van der Waals surface area contributed by atoms with E-state index in [4.69, 9.17) is 0 Å². The number of halogens is 3. The topological polar surface area (TPSA) is 86.3 Å². The molecule has 0 saturated carbocycles. The second-order valence-electron chi connectivity index (χ2n) is 6.17. The Labute approximate surface area is 153 Å². The first-order chi connectivity index (χ1) is 12.5. The van der Waals surface area contributed by atoms with Crippen LogP contribution < -0.4 is 4.90 Å². The van der Waals surface area contributed by atoms with Gasteiger partial charge in [-0.1, -0.05) is 24.3 Å². The van der Waals surface area contributed by atoms with E-state index in [0.29, 0.717) is 5.69 Å². The van der Waals surface area contributed by atoms with E-state index in [1.807, 2.05) is 0 Å². The normalized spacial score (nSPS) is 13.7. The fraction of sp³-hybridized carbons (Fsp3) is 0.235. The van der Waals surface area contributed by atoms with Crippen molar-refractivity contribution in [1.82, 2.24) is 9.97 Å². The Morgan fingerprint density at radius 1 is 1.11 bits per heavy atom. The standard InChI is InChI=1S/C17H16F3N3O3S/c1-23(2)13-9-4-3-6-10(13)15(27(24,25)26)16-21-12-8-5-7-11(14(12)22-16)17(18,19)20/h3-9,15H,1-2H3,(H,21,22)(H,24,25,26). The van der Waals surface area contributed by atoms with E-state index in [1.54, 1.807) is 37.2 Å². The van der Waals surface area contributed by atoms with Gasteiger partial charge < -0.3 is 9.88 Å². The lowest BCUT2D eigenvalue weighted by atomic mass is 10.1. The summed E-state index contributed by atoms with van der Waals surface area (Å²) < 4.78 is 73.7. The van der Waals surface area contributed by atoms with Gasteiger partial charge in [0.1, 0.15) is 11.3 Å². The Morgan fingerprint density at radius 3 is 2.37 bits per heavy atom. The summed E-state index contributed by atoms with van der Waals surface area (Å²) in [6, 6.07) is 9.79. The zero-order valence-electron chi connectivity index (χ0n) is 14.3. The fourth-order valence-electron chi connectivity index (χ4n) is 2.97. The lowest BCUT2D eigenvalue weighted by Crippen LogP contribution is -2.19. The van der Waals surface area contributed by atoms with Crippen molar-refractivity contribution >= 4 is 26.8 Å². The fourth-order valence-corrected chi connectivity index (χ4v) is 3.88. The molecule has 2 aromatic carbocycles. The summed E-state index contributed by atoms with van der Waals surface area (Å²) in [5.41, 5.74) is -0.696. The van der Waals surface area contributed by atoms with Crippen LogP contribution in [0.4, 0.5) is 18.9 Å². The first-order valence-corrected chi connectivity index (χ1v) is 9.29. The second kappa shape index (κ2) is 6.54. The first kappa shape index (κ1) is 19.2. The number of rotatable bonds is 4. The monoisotopic (exact) mass is 399 g/mol. The number of hydrogen-bond acceptors (Lipinski definition) is 4. The number of para-hydroxylation sites is 2. The van der Waals surface area contributed by atoms with Gasteiger partial charge in [-0.15, -0.1) is 0 Å². The maximum absolute atomic E-state index is 13.2. The quantitative estimate of drug-likeness (QED) is 0.655. The highest BCUT2D eigenvalue weighted by Crippen LogP contribution is 2.38. The van der Waals surface area contributed by atoms with Crippen molar-refractivity contribution in [3.05, 3.63) is 59.4 Å². The van der Waals surface area contributed by atoms with Crippen LogP contribution in [0.25, 0.3) is 11.0 Å². The molecule has 1 unspecified atom stereocenters. The van der Waals surface area contributed by atoms with Crippen LogP contribution in [0, 0.1) is 0 Å². The molecule has 144 valence electrons. The predicted octanol–water partition coefficient (Wildman–Crippen LogP) is 3.62. The van der Waals surface area contributed by atoms with Crippen LogP contribution in [0.5, 0.6) is 0 Å². The average Bonchev–Trinajstić information content (AvgIpc) is 2.95. The predicted molar refractivity (Wildman–Crippen MR) is 95.3 cm³/mol. The lowest BCUT2D eigenvalue weighted by Gasteiger charge is -2.21. The van der Waals surface area contributed by atoms with Crippen molar-refractivity contribution in [2.75, 3.05) is 19.0 Å². The van der Waals surface area contributed by atoms with Gasteiger partial charge in [-0.2, -0.15) is 21.6 Å². The Bertz CT molecular complexity index is 1090. The van der Waals surface area contributed by atoms with Gasteiger partial charge >= 0.3 is 6.18 Å². The molecule has 10 heteroatoms. The van der Waals surface area contributed by atoms with E-state index >= 15 is 0 Å². The number of H-pyrrole nitrogens is 1. The van der Waals surface area contributed by atoms with Crippen molar-refractivity contribution < 1.29 is 26.1 Å². The van der Waals surface area contributed by atoms with Gasteiger partial charge in [-0.05, 0) is 18.2 Å². The molecule has 2 N–H and O–H groups in total. The van der Waals surface area contributed by atoms with Crippen molar-refractivity contribution in [1.29, 1.82) is 0 Å². The zero-order chi connectivity index (χ0) is 20.0. The van der Waals surface area contributed by atoms with Gasteiger partial charge in [0, 0.05) is 25.3 Å². The molecule has 0 radical (unpaired) electrons. The molecule has 0 bridgehead atoms. The van der Waals surface area contributed by atoms with Crippen LogP contribution in [0.1, 0.15) is 22.2 Å². The van der Waals surface area contributed by atoms with Gasteiger partial charge in [0.05, 0.1) is 11.1 Å². The molecule has 3 aromatic rings. The van der Waals surface area contributed by atoms with Crippen molar-refractivity contribution in [2.24, 2.45) is 0 Å². The number of alkyl halides is 3. The highest BCUT2D eigenvalue weighted by atomic mass is 32.2. The van der Waals surface area contributed by atoms with Gasteiger partial charge in [0.2, 0.25) is 0 Å². The molecule has 0 aliphatic carbocycles. The van der Waals surface area contributed by atoms with Gasteiger partial charge in [0.25, 0.3) is 10.1 Å². The molecule has 0 amide bonds. The summed E-state index contributed by atoms with van der Waals surface area (Å²) in [5.74, 6) is -0.293. The number of nitrogens with one attached hydrogen (secondary N) is 1. The van der Waals surface area contributed by atoms with E-state index in [0.717, 1.165) is 6.07 Å². The largest absolute Gasteiger partial charge is 0.418 e. The molecule has 6 nitrogen and oxygen atoms in total. The van der Waals surface area contributed by atoms with Gasteiger partial charge in [0.15, 0.2) is 5.25 Å². The third kappa shape index (κ3) is 3.62. The van der Waals surface area contributed by atoms with E-state index in [9.17, 15) is 26.1 Å². The molecular formula is C17H16F3N3O3S. The number of fused-ring (bicyclic) bond motifs is 1. The summed E-state index contributed by atoms with van der Waals surface area (Å²) in [4.78, 5) is 8.14. The number of aromatic amines is 1. The maximum Gasteiger partial charge on any atom is 0.418 e. The summed E-state index contributed by atoms with van der Waals surface area (Å²) in [5, 5.41) is -1.66. The van der Waals surface area contributed by atoms with Crippen molar-refractivity contribution in [2.45, 2.75) is 11.4 Å².